The van der Waals surface area contributed by atoms with Crippen LogP contribution in [0.25, 0.3) is 0 Å². The number of nitrogens with one attached hydrogen (secondary N) is 1. The monoisotopic (exact) mass is 366 g/mol. The Morgan fingerprint density at radius 3 is 2.88 bits per heavy atom. The Labute approximate surface area is 157 Å². The normalized spacial score (nSPS) is 17.5. The Morgan fingerprint density at radius 2 is 2.08 bits per heavy atom. The molecule has 0 aliphatic carbocycles. The van der Waals surface area contributed by atoms with Crippen molar-refractivity contribution in [2.24, 2.45) is 0 Å². The third-order valence-corrected chi connectivity index (χ3v) is 5.64. The zero-order valence-electron chi connectivity index (χ0n) is 14.7. The molecule has 4 rings (SSSR count). The summed E-state index contributed by atoms with van der Waals surface area (Å²) in [5.74, 6) is 1.45. The number of para-hydroxylation sites is 1. The molecule has 3 aromatic rings. The maximum atomic E-state index is 5.94. The van der Waals surface area contributed by atoms with Gasteiger partial charge in [-0.15, -0.1) is 11.3 Å². The van der Waals surface area contributed by atoms with E-state index in [4.69, 9.17) is 5.73 Å². The predicted octanol–water partition coefficient (Wildman–Crippen LogP) is 3.90. The van der Waals surface area contributed by atoms with Crippen molar-refractivity contribution >= 4 is 28.9 Å². The predicted molar refractivity (Wildman–Crippen MR) is 105 cm³/mol. The van der Waals surface area contributed by atoms with E-state index in [1.54, 1.807) is 0 Å². The fraction of sp³-hybridized carbons (Fsp3) is 0.316. The lowest BCUT2D eigenvalue weighted by molar-refractivity contribution is 0.245. The van der Waals surface area contributed by atoms with Gasteiger partial charge < -0.3 is 11.1 Å². The lowest BCUT2D eigenvalue weighted by atomic mass is 10.2. The molecule has 0 amide bonds. The minimum Gasteiger partial charge on any atom is -0.368 e. The average Bonchev–Trinajstić information content (AvgIpc) is 3.27. The van der Waals surface area contributed by atoms with Gasteiger partial charge in [-0.2, -0.15) is 15.0 Å². The van der Waals surface area contributed by atoms with E-state index in [2.05, 4.69) is 42.7 Å². The van der Waals surface area contributed by atoms with Crippen LogP contribution < -0.4 is 11.1 Å². The molecule has 1 fully saturated rings. The van der Waals surface area contributed by atoms with Crippen molar-refractivity contribution in [2.75, 3.05) is 17.6 Å². The molecule has 6 nitrogen and oxygen atoms in total. The summed E-state index contributed by atoms with van der Waals surface area (Å²) in [6.45, 7) is 3.77. The molecule has 134 valence electrons. The molecule has 26 heavy (non-hydrogen) atoms. The second-order valence-electron chi connectivity index (χ2n) is 6.52. The first-order valence-corrected chi connectivity index (χ1v) is 9.67. The van der Waals surface area contributed by atoms with Crippen molar-refractivity contribution in [3.05, 3.63) is 58.0 Å². The van der Waals surface area contributed by atoms with Gasteiger partial charge in [0.05, 0.1) is 6.54 Å². The highest BCUT2D eigenvalue weighted by Crippen LogP contribution is 2.35. The van der Waals surface area contributed by atoms with Crippen LogP contribution in [0.5, 0.6) is 0 Å². The summed E-state index contributed by atoms with van der Waals surface area (Å²) < 4.78 is 0. The Balaban J connectivity index is 1.54. The molecular formula is C19H22N6S. The lowest BCUT2D eigenvalue weighted by Gasteiger charge is -2.22. The van der Waals surface area contributed by atoms with Crippen LogP contribution in [0.4, 0.5) is 17.6 Å². The highest BCUT2D eigenvalue weighted by Gasteiger charge is 2.27. The third-order valence-electron chi connectivity index (χ3n) is 4.67. The quantitative estimate of drug-likeness (QED) is 0.713. The van der Waals surface area contributed by atoms with E-state index in [0.29, 0.717) is 24.4 Å². The average molecular weight is 366 g/mol. The van der Waals surface area contributed by atoms with Crippen LogP contribution in [0.15, 0.2) is 41.8 Å². The van der Waals surface area contributed by atoms with Gasteiger partial charge in [-0.3, -0.25) is 4.90 Å². The van der Waals surface area contributed by atoms with Crippen LogP contribution in [0.2, 0.25) is 0 Å². The van der Waals surface area contributed by atoms with Gasteiger partial charge in [0.25, 0.3) is 0 Å². The summed E-state index contributed by atoms with van der Waals surface area (Å²) in [5, 5.41) is 5.39. The van der Waals surface area contributed by atoms with E-state index < -0.39 is 0 Å². The van der Waals surface area contributed by atoms with Gasteiger partial charge in [0.2, 0.25) is 11.9 Å². The number of aromatic nitrogens is 3. The van der Waals surface area contributed by atoms with Gasteiger partial charge in [0.1, 0.15) is 5.82 Å². The molecule has 3 heterocycles. The number of nitrogen functional groups attached to an aromatic ring is 1. The van der Waals surface area contributed by atoms with Crippen LogP contribution >= 0.6 is 11.3 Å². The van der Waals surface area contributed by atoms with Crippen molar-refractivity contribution < 1.29 is 0 Å². The summed E-state index contributed by atoms with van der Waals surface area (Å²) in [6.07, 6.45) is 2.37. The van der Waals surface area contributed by atoms with Crippen LogP contribution in [0.3, 0.4) is 0 Å². The minimum atomic E-state index is 0.248. The van der Waals surface area contributed by atoms with Crippen LogP contribution in [-0.2, 0) is 6.54 Å². The fourth-order valence-electron chi connectivity index (χ4n) is 3.40. The summed E-state index contributed by atoms with van der Waals surface area (Å²) in [5.41, 5.74) is 8.04. The first-order chi connectivity index (χ1) is 12.7. The number of hydrogen-bond donors (Lipinski definition) is 2. The number of nitrogens with zero attached hydrogens (tertiary/aromatic N) is 4. The summed E-state index contributed by atoms with van der Waals surface area (Å²) in [4.78, 5) is 17.0. The summed E-state index contributed by atoms with van der Waals surface area (Å²) >= 11 is 1.81. The standard InChI is InChI=1S/C19H22N6S/c1-13-6-2-3-7-14(13)21-19-23-17(22-18(20)24-19)12-25-10-4-8-15(25)16-9-5-11-26-16/h2-3,5-7,9,11,15H,4,8,10,12H2,1H3,(H3,20,21,22,23,24)/t15-/m1/s1. The van der Waals surface area contributed by atoms with E-state index in [9.17, 15) is 0 Å². The molecule has 1 saturated heterocycles. The number of benzene rings is 1. The maximum absolute atomic E-state index is 5.94. The molecule has 0 saturated carbocycles. The van der Waals surface area contributed by atoms with Gasteiger partial charge in [-0.05, 0) is 49.4 Å². The van der Waals surface area contributed by atoms with Gasteiger partial charge in [-0.1, -0.05) is 24.3 Å². The molecule has 7 heteroatoms. The second kappa shape index (κ2) is 7.39. The van der Waals surface area contributed by atoms with Crippen LogP contribution in [-0.4, -0.2) is 26.4 Å². The van der Waals surface area contributed by atoms with Crippen molar-refractivity contribution in [3.63, 3.8) is 0 Å². The molecule has 1 atom stereocenters. The Morgan fingerprint density at radius 1 is 1.19 bits per heavy atom. The van der Waals surface area contributed by atoms with Crippen molar-refractivity contribution in [3.8, 4) is 0 Å². The number of aryl methyl sites for hydroxylation is 1. The molecule has 0 unspecified atom stereocenters. The Kier molecular flexibility index (Phi) is 4.81. The number of likely N-dealkylation sites (tertiary alicyclic amines) is 1. The van der Waals surface area contributed by atoms with E-state index in [0.717, 1.165) is 17.8 Å². The fourth-order valence-corrected chi connectivity index (χ4v) is 4.29. The Hall–Kier alpha value is -2.51. The SMILES string of the molecule is Cc1ccccc1Nc1nc(N)nc(CN2CCC[C@@H]2c2cccs2)n1. The third kappa shape index (κ3) is 3.68. The van der Waals surface area contributed by atoms with E-state index in [1.807, 2.05) is 42.5 Å². The number of hydrogen-bond acceptors (Lipinski definition) is 7. The lowest BCUT2D eigenvalue weighted by Crippen LogP contribution is -2.24. The minimum absolute atomic E-state index is 0.248. The largest absolute Gasteiger partial charge is 0.368 e. The molecule has 1 aliphatic heterocycles. The van der Waals surface area contributed by atoms with Gasteiger partial charge >= 0.3 is 0 Å². The topological polar surface area (TPSA) is 80.0 Å². The maximum Gasteiger partial charge on any atom is 0.232 e. The van der Waals surface area contributed by atoms with E-state index >= 15 is 0 Å². The van der Waals surface area contributed by atoms with Gasteiger partial charge in [-0.25, -0.2) is 0 Å². The molecule has 3 N–H and O–H groups in total. The number of anilines is 3. The second-order valence-corrected chi connectivity index (χ2v) is 7.50. The Bertz CT molecular complexity index is 879. The molecule has 1 aromatic carbocycles. The van der Waals surface area contributed by atoms with Crippen LogP contribution in [0, 0.1) is 6.92 Å². The molecule has 0 bridgehead atoms. The summed E-state index contributed by atoms with van der Waals surface area (Å²) in [6, 6.07) is 12.8. The number of rotatable bonds is 5. The highest BCUT2D eigenvalue weighted by atomic mass is 32.1. The summed E-state index contributed by atoms with van der Waals surface area (Å²) in [7, 11) is 0. The smallest absolute Gasteiger partial charge is 0.232 e. The van der Waals surface area contributed by atoms with Crippen molar-refractivity contribution in [1.82, 2.24) is 19.9 Å². The first kappa shape index (κ1) is 16.9. The molecular weight excluding hydrogens is 344 g/mol. The zero-order chi connectivity index (χ0) is 17.9. The van der Waals surface area contributed by atoms with E-state index in [-0.39, 0.29) is 5.95 Å². The van der Waals surface area contributed by atoms with Crippen molar-refractivity contribution in [1.29, 1.82) is 0 Å². The molecule has 0 spiro atoms. The van der Waals surface area contributed by atoms with Gasteiger partial charge in [0.15, 0.2) is 0 Å². The zero-order valence-corrected chi connectivity index (χ0v) is 15.5. The molecule has 0 radical (unpaired) electrons. The molecule has 1 aliphatic rings. The van der Waals surface area contributed by atoms with Gasteiger partial charge in [0, 0.05) is 16.6 Å². The molecule has 2 aromatic heterocycles. The first-order valence-electron chi connectivity index (χ1n) is 8.79. The highest BCUT2D eigenvalue weighted by molar-refractivity contribution is 7.10. The van der Waals surface area contributed by atoms with E-state index in [1.165, 1.54) is 17.7 Å². The number of thiophene rings is 1. The van der Waals surface area contributed by atoms with Crippen molar-refractivity contribution in [2.45, 2.75) is 32.4 Å². The number of nitrogens with two attached hydrogens (primary N) is 1. The van der Waals surface area contributed by atoms with Crippen LogP contribution in [0.1, 0.15) is 35.1 Å².